The van der Waals surface area contributed by atoms with E-state index in [4.69, 9.17) is 35.4 Å². The number of nitro benzene ring substituents is 1. The second-order valence-electron chi connectivity index (χ2n) is 5.09. The van der Waals surface area contributed by atoms with Gasteiger partial charge in [-0.25, -0.2) is 0 Å². The van der Waals surface area contributed by atoms with Crippen molar-refractivity contribution in [1.29, 1.82) is 0 Å². The molecule has 1 amide bonds. The summed E-state index contributed by atoms with van der Waals surface area (Å²) in [6.07, 6.45) is 2.81. The minimum Gasteiger partial charge on any atom is -0.358 e. The van der Waals surface area contributed by atoms with Gasteiger partial charge in [-0.15, -0.1) is 0 Å². The molecule has 0 unspecified atom stereocenters. The highest BCUT2D eigenvalue weighted by Crippen LogP contribution is 2.20. The smallest absolute Gasteiger partial charge is 0.269 e. The van der Waals surface area contributed by atoms with E-state index < -0.39 is 10.8 Å². The third kappa shape index (κ3) is 6.11. The van der Waals surface area contributed by atoms with Crippen molar-refractivity contribution in [1.82, 2.24) is 10.6 Å². The molecule has 134 valence electrons. The van der Waals surface area contributed by atoms with E-state index in [1.54, 1.807) is 30.3 Å². The molecule has 0 saturated heterocycles. The lowest BCUT2D eigenvalue weighted by atomic mass is 10.2. The summed E-state index contributed by atoms with van der Waals surface area (Å²) in [5, 5.41) is 17.1. The first-order valence-corrected chi connectivity index (χ1v) is 8.47. The third-order valence-electron chi connectivity index (χ3n) is 3.22. The summed E-state index contributed by atoms with van der Waals surface area (Å²) < 4.78 is 0. The normalized spacial score (nSPS) is 10.5. The van der Waals surface area contributed by atoms with Crippen LogP contribution in [-0.4, -0.2) is 15.9 Å². The molecular weight excluding hydrogens is 397 g/mol. The van der Waals surface area contributed by atoms with E-state index in [2.05, 4.69) is 10.6 Å². The van der Waals surface area contributed by atoms with Crippen LogP contribution >= 0.6 is 35.4 Å². The first-order valence-electron chi connectivity index (χ1n) is 7.30. The number of carbonyl (C=O) groups is 1. The van der Waals surface area contributed by atoms with Crippen molar-refractivity contribution in [3.8, 4) is 0 Å². The van der Waals surface area contributed by atoms with Crippen LogP contribution in [0.15, 0.2) is 48.5 Å². The minimum atomic E-state index is -0.489. The molecule has 0 aliphatic carbocycles. The molecule has 2 rings (SSSR count). The topological polar surface area (TPSA) is 84.3 Å². The van der Waals surface area contributed by atoms with E-state index >= 15 is 0 Å². The summed E-state index contributed by atoms with van der Waals surface area (Å²) in [5.74, 6) is -0.428. The van der Waals surface area contributed by atoms with Gasteiger partial charge < -0.3 is 5.32 Å². The number of hydrogen-bond acceptors (Lipinski definition) is 4. The predicted molar refractivity (Wildman–Crippen MR) is 106 cm³/mol. The van der Waals surface area contributed by atoms with Crippen LogP contribution in [0.2, 0.25) is 10.0 Å². The molecule has 0 saturated carbocycles. The van der Waals surface area contributed by atoms with Crippen molar-refractivity contribution in [3.63, 3.8) is 0 Å². The molecule has 0 bridgehead atoms. The maximum atomic E-state index is 11.8. The van der Waals surface area contributed by atoms with Crippen molar-refractivity contribution < 1.29 is 9.72 Å². The highest BCUT2D eigenvalue weighted by molar-refractivity contribution is 7.80. The zero-order chi connectivity index (χ0) is 19.1. The molecule has 0 spiro atoms. The first-order chi connectivity index (χ1) is 12.3. The molecule has 0 aliphatic rings. The quantitative estimate of drug-likeness (QED) is 0.336. The zero-order valence-corrected chi connectivity index (χ0v) is 15.6. The Morgan fingerprint density at radius 1 is 1.19 bits per heavy atom. The number of benzene rings is 2. The first kappa shape index (κ1) is 19.8. The Morgan fingerprint density at radius 2 is 1.88 bits per heavy atom. The van der Waals surface area contributed by atoms with Gasteiger partial charge in [-0.1, -0.05) is 29.3 Å². The van der Waals surface area contributed by atoms with Crippen LogP contribution < -0.4 is 10.6 Å². The van der Waals surface area contributed by atoms with E-state index in [0.29, 0.717) is 22.2 Å². The summed E-state index contributed by atoms with van der Waals surface area (Å²) in [6, 6.07) is 10.9. The van der Waals surface area contributed by atoms with Gasteiger partial charge in [0.2, 0.25) is 5.91 Å². The van der Waals surface area contributed by atoms with Crippen molar-refractivity contribution >= 4 is 58.2 Å². The summed E-state index contributed by atoms with van der Waals surface area (Å²) in [5.41, 5.74) is 1.42. The second-order valence-corrected chi connectivity index (χ2v) is 6.34. The number of hydrogen-bond donors (Lipinski definition) is 2. The summed E-state index contributed by atoms with van der Waals surface area (Å²) in [7, 11) is 0. The lowest BCUT2D eigenvalue weighted by molar-refractivity contribution is -0.384. The van der Waals surface area contributed by atoms with Gasteiger partial charge in [0.1, 0.15) is 0 Å². The number of nitrogens with zero attached hydrogens (tertiary/aromatic N) is 1. The lowest BCUT2D eigenvalue weighted by Crippen LogP contribution is -2.38. The molecule has 0 aromatic heterocycles. The van der Waals surface area contributed by atoms with Gasteiger partial charge in [0, 0.05) is 34.8 Å². The van der Waals surface area contributed by atoms with Gasteiger partial charge in [-0.05, 0) is 53.7 Å². The van der Waals surface area contributed by atoms with Crippen LogP contribution in [0.4, 0.5) is 5.69 Å². The number of nitrogens with one attached hydrogen (secondary N) is 2. The SMILES string of the molecule is O=C(/C=C/c1ccc([N+](=O)[O-])cc1)NC(=S)NCc1ccc(Cl)cc1Cl. The summed E-state index contributed by atoms with van der Waals surface area (Å²) in [4.78, 5) is 21.9. The van der Waals surface area contributed by atoms with E-state index in [1.165, 1.54) is 24.3 Å². The fourth-order valence-corrected chi connectivity index (χ4v) is 2.57. The number of rotatable bonds is 5. The van der Waals surface area contributed by atoms with E-state index in [1.807, 2.05) is 0 Å². The maximum absolute atomic E-state index is 11.8. The maximum Gasteiger partial charge on any atom is 0.269 e. The lowest BCUT2D eigenvalue weighted by Gasteiger charge is -2.09. The van der Waals surface area contributed by atoms with Gasteiger partial charge >= 0.3 is 0 Å². The molecule has 9 heteroatoms. The van der Waals surface area contributed by atoms with Crippen LogP contribution in [0.5, 0.6) is 0 Å². The van der Waals surface area contributed by atoms with Gasteiger partial charge in [-0.3, -0.25) is 20.2 Å². The van der Waals surface area contributed by atoms with Crippen molar-refractivity contribution in [2.75, 3.05) is 0 Å². The molecule has 6 nitrogen and oxygen atoms in total. The predicted octanol–water partition coefficient (Wildman–Crippen LogP) is 4.11. The number of amides is 1. The second kappa shape index (κ2) is 9.28. The molecular formula is C17H13Cl2N3O3S. The number of nitro groups is 1. The summed E-state index contributed by atoms with van der Waals surface area (Å²) in [6.45, 7) is 0.335. The largest absolute Gasteiger partial charge is 0.358 e. The van der Waals surface area contributed by atoms with Crippen LogP contribution in [0.1, 0.15) is 11.1 Å². The molecule has 26 heavy (non-hydrogen) atoms. The van der Waals surface area contributed by atoms with Crippen LogP contribution in [0, 0.1) is 10.1 Å². The minimum absolute atomic E-state index is 0.0159. The molecule has 2 aromatic carbocycles. The average molecular weight is 410 g/mol. The number of thiocarbonyl (C=S) groups is 1. The Hall–Kier alpha value is -2.48. The number of carbonyl (C=O) groups excluding carboxylic acids is 1. The van der Waals surface area contributed by atoms with Gasteiger partial charge in [0.15, 0.2) is 5.11 Å². The molecule has 2 aromatic rings. The molecule has 0 heterocycles. The highest BCUT2D eigenvalue weighted by Gasteiger charge is 2.05. The summed E-state index contributed by atoms with van der Waals surface area (Å²) >= 11 is 16.9. The van der Waals surface area contributed by atoms with Gasteiger partial charge in [-0.2, -0.15) is 0 Å². The monoisotopic (exact) mass is 409 g/mol. The van der Waals surface area contributed by atoms with Crippen LogP contribution in [-0.2, 0) is 11.3 Å². The number of non-ortho nitro benzene ring substituents is 1. The van der Waals surface area contributed by atoms with Gasteiger partial charge in [0.25, 0.3) is 5.69 Å². The fraction of sp³-hybridized carbons (Fsp3) is 0.0588. The van der Waals surface area contributed by atoms with Crippen molar-refractivity contribution in [3.05, 3.63) is 79.8 Å². The van der Waals surface area contributed by atoms with Crippen molar-refractivity contribution in [2.24, 2.45) is 0 Å². The Morgan fingerprint density at radius 3 is 2.50 bits per heavy atom. The van der Waals surface area contributed by atoms with Gasteiger partial charge in [0.05, 0.1) is 4.92 Å². The van der Waals surface area contributed by atoms with E-state index in [0.717, 1.165) is 5.56 Å². The molecule has 0 radical (unpaired) electrons. The average Bonchev–Trinajstić information content (AvgIpc) is 2.59. The fourth-order valence-electron chi connectivity index (χ4n) is 1.92. The molecule has 0 aliphatic heterocycles. The van der Waals surface area contributed by atoms with Crippen LogP contribution in [0.3, 0.4) is 0 Å². The molecule has 0 fully saturated rings. The Labute approximate surface area is 165 Å². The third-order valence-corrected chi connectivity index (χ3v) is 4.06. The Bertz CT molecular complexity index is 870. The molecule has 2 N–H and O–H groups in total. The molecule has 0 atom stereocenters. The zero-order valence-electron chi connectivity index (χ0n) is 13.2. The standard InChI is InChI=1S/C17H13Cl2N3O3S/c18-13-5-4-12(15(19)9-13)10-20-17(26)21-16(23)8-3-11-1-6-14(7-2-11)22(24)25/h1-9H,10H2,(H2,20,21,23,26)/b8-3+. The van der Waals surface area contributed by atoms with E-state index in [9.17, 15) is 14.9 Å². The number of halogens is 2. The van der Waals surface area contributed by atoms with E-state index in [-0.39, 0.29) is 10.8 Å². The van der Waals surface area contributed by atoms with Crippen LogP contribution in [0.25, 0.3) is 6.08 Å². The highest BCUT2D eigenvalue weighted by atomic mass is 35.5. The van der Waals surface area contributed by atoms with Crippen molar-refractivity contribution in [2.45, 2.75) is 6.54 Å². The Kier molecular flexibility index (Phi) is 7.08. The Balaban J connectivity index is 1.84.